The van der Waals surface area contributed by atoms with Gasteiger partial charge in [-0.2, -0.15) is 0 Å². The van der Waals surface area contributed by atoms with E-state index in [4.69, 9.17) is 0 Å². The van der Waals surface area contributed by atoms with E-state index < -0.39 is 0 Å². The zero-order chi connectivity index (χ0) is 23.9. The predicted octanol–water partition coefficient (Wildman–Crippen LogP) is 4.64. The van der Waals surface area contributed by atoms with Gasteiger partial charge in [0.05, 0.1) is 6.20 Å². The molecular weight excluding hydrogens is 429 g/mol. The van der Waals surface area contributed by atoms with Gasteiger partial charge in [-0.1, -0.05) is 19.1 Å². The van der Waals surface area contributed by atoms with E-state index in [2.05, 4.69) is 34.7 Å². The van der Waals surface area contributed by atoms with Gasteiger partial charge >= 0.3 is 0 Å². The van der Waals surface area contributed by atoms with Crippen LogP contribution in [-0.2, 0) is 11.2 Å². The monoisotopic (exact) mass is 461 g/mol. The molecule has 0 radical (unpaired) electrons. The summed E-state index contributed by atoms with van der Waals surface area (Å²) in [5, 5.41) is 5.41. The van der Waals surface area contributed by atoms with Crippen LogP contribution in [0.4, 0.5) is 4.39 Å². The summed E-state index contributed by atoms with van der Waals surface area (Å²) in [6.45, 7) is 2.69. The Hall–Kier alpha value is -3.02. The summed E-state index contributed by atoms with van der Waals surface area (Å²) in [6.07, 6.45) is 11.0. The maximum atomic E-state index is 13.9. The summed E-state index contributed by atoms with van der Waals surface area (Å²) in [6, 6.07) is 7.75. The second-order valence-corrected chi connectivity index (χ2v) is 10.2. The number of allylic oxidation sites excluding steroid dienone is 2. The van der Waals surface area contributed by atoms with E-state index in [1.807, 2.05) is 12.1 Å². The molecule has 0 spiro atoms. The molecule has 1 aromatic carbocycles. The van der Waals surface area contributed by atoms with Crippen LogP contribution in [0.2, 0.25) is 0 Å². The van der Waals surface area contributed by atoms with Gasteiger partial charge in [0.15, 0.2) is 0 Å². The number of benzene rings is 1. The van der Waals surface area contributed by atoms with Crippen molar-refractivity contribution in [3.63, 3.8) is 0 Å². The maximum Gasteiger partial charge on any atom is 0.251 e. The lowest BCUT2D eigenvalue weighted by Crippen LogP contribution is -2.41. The highest BCUT2D eigenvalue weighted by Crippen LogP contribution is 2.63. The second-order valence-electron chi connectivity index (χ2n) is 10.2. The Kier molecular flexibility index (Phi) is 6.00. The highest BCUT2D eigenvalue weighted by molar-refractivity contribution is 5.94. The quantitative estimate of drug-likeness (QED) is 0.682. The molecule has 1 aromatic heterocycles. The lowest BCUT2D eigenvalue weighted by Gasteiger charge is -2.50. The minimum atomic E-state index is -0.279. The van der Waals surface area contributed by atoms with Gasteiger partial charge in [-0.3, -0.25) is 14.6 Å². The van der Waals surface area contributed by atoms with E-state index in [1.54, 1.807) is 19.3 Å². The number of nitrogens with zero attached hydrogens (tertiary/aromatic N) is 1. The van der Waals surface area contributed by atoms with Gasteiger partial charge in [0.2, 0.25) is 5.91 Å². The number of aryl methyl sites for hydroxylation is 1. The summed E-state index contributed by atoms with van der Waals surface area (Å²) in [7, 11) is 1.59. The third-order valence-electron chi connectivity index (χ3n) is 8.50. The van der Waals surface area contributed by atoms with Gasteiger partial charge in [0.1, 0.15) is 5.82 Å². The molecule has 4 unspecified atom stereocenters. The van der Waals surface area contributed by atoms with Crippen molar-refractivity contribution in [2.45, 2.75) is 51.4 Å². The Morgan fingerprint density at radius 1 is 1.21 bits per heavy atom. The lowest BCUT2D eigenvalue weighted by atomic mass is 9.54. The number of fused-ring (bicyclic) bond motifs is 5. The fourth-order valence-electron chi connectivity index (χ4n) is 6.81. The fraction of sp³-hybridized carbons (Fsp3) is 0.464. The summed E-state index contributed by atoms with van der Waals surface area (Å²) in [5.41, 5.74) is 5.58. The predicted molar refractivity (Wildman–Crippen MR) is 130 cm³/mol. The van der Waals surface area contributed by atoms with Crippen LogP contribution in [0, 0.1) is 23.1 Å². The van der Waals surface area contributed by atoms with Gasteiger partial charge in [-0.05, 0) is 95.7 Å². The van der Waals surface area contributed by atoms with Crippen LogP contribution in [-0.4, -0.2) is 30.4 Å². The third-order valence-corrected chi connectivity index (χ3v) is 8.50. The smallest absolute Gasteiger partial charge is 0.251 e. The van der Waals surface area contributed by atoms with E-state index in [1.165, 1.54) is 22.9 Å². The molecule has 5 nitrogen and oxygen atoms in total. The molecule has 178 valence electrons. The fourth-order valence-corrected chi connectivity index (χ4v) is 6.81. The van der Waals surface area contributed by atoms with Crippen LogP contribution in [0.1, 0.15) is 72.0 Å². The number of hydrogen-bond acceptors (Lipinski definition) is 3. The number of nitrogens with one attached hydrogen (secondary N) is 2. The van der Waals surface area contributed by atoms with Crippen LogP contribution in [0.25, 0.3) is 5.57 Å². The molecule has 6 heteroatoms. The van der Waals surface area contributed by atoms with Gasteiger partial charge < -0.3 is 10.6 Å². The van der Waals surface area contributed by atoms with Crippen molar-refractivity contribution in [2.75, 3.05) is 13.6 Å². The average Bonchev–Trinajstić information content (AvgIpc) is 3.20. The number of pyridine rings is 1. The molecule has 0 aliphatic heterocycles. The largest absolute Gasteiger partial charge is 0.359 e. The first-order valence-corrected chi connectivity index (χ1v) is 12.3. The van der Waals surface area contributed by atoms with Crippen molar-refractivity contribution in [2.24, 2.45) is 17.3 Å². The summed E-state index contributed by atoms with van der Waals surface area (Å²) < 4.78 is 13.9. The number of hydrogen-bond donors (Lipinski definition) is 2. The van der Waals surface area contributed by atoms with Crippen molar-refractivity contribution < 1.29 is 14.0 Å². The highest BCUT2D eigenvalue weighted by atomic mass is 19.1. The molecule has 3 aliphatic carbocycles. The summed E-state index contributed by atoms with van der Waals surface area (Å²) >= 11 is 0. The van der Waals surface area contributed by atoms with Crippen LogP contribution in [0.15, 0.2) is 42.7 Å². The van der Waals surface area contributed by atoms with Crippen molar-refractivity contribution in [3.05, 3.63) is 70.8 Å². The van der Waals surface area contributed by atoms with Crippen LogP contribution in [0.3, 0.4) is 0 Å². The first-order valence-electron chi connectivity index (χ1n) is 12.3. The minimum absolute atomic E-state index is 0.0543. The van der Waals surface area contributed by atoms with Crippen LogP contribution >= 0.6 is 0 Å². The maximum absolute atomic E-state index is 13.9. The number of rotatable bonds is 5. The van der Waals surface area contributed by atoms with Gasteiger partial charge in [0.25, 0.3) is 5.91 Å². The van der Waals surface area contributed by atoms with E-state index in [9.17, 15) is 14.0 Å². The number of carbonyl (C=O) groups is 2. The molecular formula is C28H32FN3O2. The standard InChI is InChI=1S/C28H32FN3O2/c1-28-11-9-22-21-5-4-18(27(34)32-12-10-26(33)30-2)13-17(21)3-6-23(22)25(28)8-7-24(28)19-14-20(29)16-31-15-19/h4-5,7,13-16,22-23,25H,3,6,8-12H2,1-2H3,(H,30,33)(H,32,34). The van der Waals surface area contributed by atoms with Crippen molar-refractivity contribution in [1.29, 1.82) is 0 Å². The van der Waals surface area contributed by atoms with Crippen molar-refractivity contribution in [3.8, 4) is 0 Å². The molecule has 1 saturated carbocycles. The molecule has 2 amide bonds. The Morgan fingerprint density at radius 2 is 2.06 bits per heavy atom. The Balaban J connectivity index is 1.32. The molecule has 4 atom stereocenters. The topological polar surface area (TPSA) is 71.1 Å². The molecule has 2 N–H and O–H groups in total. The Morgan fingerprint density at radius 3 is 2.85 bits per heavy atom. The Labute approximate surface area is 200 Å². The second kappa shape index (κ2) is 8.97. The first-order chi connectivity index (χ1) is 16.4. The van der Waals surface area contributed by atoms with E-state index in [-0.39, 0.29) is 29.5 Å². The van der Waals surface area contributed by atoms with Crippen LogP contribution in [0.5, 0.6) is 0 Å². The van der Waals surface area contributed by atoms with Gasteiger partial charge in [-0.25, -0.2) is 4.39 Å². The first kappa shape index (κ1) is 22.8. The molecule has 1 fully saturated rings. The molecule has 1 heterocycles. The number of carbonyl (C=O) groups excluding carboxylic acids is 2. The summed E-state index contributed by atoms with van der Waals surface area (Å²) in [5.74, 6) is 1.15. The van der Waals surface area contributed by atoms with Crippen LogP contribution < -0.4 is 10.6 Å². The number of amides is 2. The zero-order valence-electron chi connectivity index (χ0n) is 19.9. The van der Waals surface area contributed by atoms with Crippen molar-refractivity contribution >= 4 is 17.4 Å². The minimum Gasteiger partial charge on any atom is -0.359 e. The van der Waals surface area contributed by atoms with E-state index in [0.29, 0.717) is 29.9 Å². The third kappa shape index (κ3) is 3.93. The summed E-state index contributed by atoms with van der Waals surface area (Å²) in [4.78, 5) is 28.1. The van der Waals surface area contributed by atoms with E-state index >= 15 is 0 Å². The van der Waals surface area contributed by atoms with Crippen molar-refractivity contribution in [1.82, 2.24) is 15.6 Å². The molecule has 0 bridgehead atoms. The lowest BCUT2D eigenvalue weighted by molar-refractivity contribution is -0.120. The average molecular weight is 462 g/mol. The molecule has 2 aromatic rings. The number of aromatic nitrogens is 1. The number of halogens is 1. The molecule has 34 heavy (non-hydrogen) atoms. The molecule has 0 saturated heterocycles. The zero-order valence-corrected chi connectivity index (χ0v) is 19.9. The van der Waals surface area contributed by atoms with E-state index in [0.717, 1.165) is 37.7 Å². The SMILES string of the molecule is CNC(=O)CCNC(=O)c1ccc2c(c1)CCC1C2CCC2(C)C(c3cncc(F)c3)=CCC12. The normalized spacial score (nSPS) is 27.1. The Bertz CT molecular complexity index is 1160. The molecule has 3 aliphatic rings. The molecule has 5 rings (SSSR count). The van der Waals surface area contributed by atoms with Gasteiger partial charge in [-0.15, -0.1) is 0 Å². The van der Waals surface area contributed by atoms with Gasteiger partial charge in [0, 0.05) is 31.8 Å². The highest BCUT2D eigenvalue weighted by Gasteiger charge is 2.52.